The van der Waals surface area contributed by atoms with Gasteiger partial charge < -0.3 is 9.47 Å². The predicted octanol–water partition coefficient (Wildman–Crippen LogP) is 5.30. The summed E-state index contributed by atoms with van der Waals surface area (Å²) in [4.78, 5) is 15.0. The fourth-order valence-electron chi connectivity index (χ4n) is 5.43. The van der Waals surface area contributed by atoms with E-state index < -0.39 is 25.4 Å². The zero-order chi connectivity index (χ0) is 28.8. The van der Waals surface area contributed by atoms with Crippen LogP contribution in [0.3, 0.4) is 0 Å². The average molecular weight is 619 g/mol. The van der Waals surface area contributed by atoms with Crippen molar-refractivity contribution in [1.29, 1.82) is 0 Å². The number of hydrogen-bond donors (Lipinski definition) is 1. The molecule has 0 bridgehead atoms. The lowest BCUT2D eigenvalue weighted by atomic mass is 9.89. The highest BCUT2D eigenvalue weighted by Crippen LogP contribution is 2.40. The van der Waals surface area contributed by atoms with E-state index in [2.05, 4.69) is 9.29 Å². The molecule has 1 saturated heterocycles. The van der Waals surface area contributed by atoms with Gasteiger partial charge in [0.15, 0.2) is 9.84 Å². The van der Waals surface area contributed by atoms with E-state index in [1.807, 2.05) is 6.92 Å². The molecule has 1 saturated carbocycles. The van der Waals surface area contributed by atoms with Crippen molar-refractivity contribution in [2.75, 3.05) is 24.6 Å². The highest BCUT2D eigenvalue weighted by atomic mass is 35.5. The molecule has 39 heavy (non-hydrogen) atoms. The minimum Gasteiger partial charge on any atom is -0.344 e. The minimum absolute atomic E-state index is 0.0482. The minimum atomic E-state index is -3.93. The number of carbonyl (C=O) groups excluding carboxylic acids is 1. The van der Waals surface area contributed by atoms with Crippen LogP contribution in [-0.4, -0.2) is 62.3 Å². The second kappa shape index (κ2) is 11.4. The lowest BCUT2D eigenvalue weighted by Gasteiger charge is -2.27. The molecule has 216 valence electrons. The van der Waals surface area contributed by atoms with Crippen molar-refractivity contribution in [3.05, 3.63) is 39.5 Å². The molecule has 2 heterocycles. The maximum absolute atomic E-state index is 13.6. The van der Waals surface area contributed by atoms with E-state index >= 15 is 0 Å². The van der Waals surface area contributed by atoms with Crippen molar-refractivity contribution >= 4 is 49.0 Å². The molecule has 1 aromatic carbocycles. The van der Waals surface area contributed by atoms with Gasteiger partial charge in [0.2, 0.25) is 10.0 Å². The Labute approximate surface area is 242 Å². The second-order valence-corrected chi connectivity index (χ2v) is 16.4. The van der Waals surface area contributed by atoms with E-state index in [9.17, 15) is 21.6 Å². The predicted molar refractivity (Wildman–Crippen MR) is 156 cm³/mol. The van der Waals surface area contributed by atoms with E-state index in [0.29, 0.717) is 29.3 Å². The molecule has 1 aliphatic heterocycles. The number of benzene rings is 1. The third-order valence-corrected chi connectivity index (χ3v) is 11.9. The molecule has 2 aliphatic rings. The average Bonchev–Trinajstić information content (AvgIpc) is 3.15. The molecule has 0 radical (unpaired) electrons. The van der Waals surface area contributed by atoms with Crippen molar-refractivity contribution in [2.45, 2.75) is 76.8 Å². The van der Waals surface area contributed by atoms with Gasteiger partial charge in [0.1, 0.15) is 4.90 Å². The van der Waals surface area contributed by atoms with Crippen LogP contribution in [0, 0.1) is 12.8 Å². The molecule has 0 atom stereocenters. The maximum Gasteiger partial charge on any atom is 0.255 e. The van der Waals surface area contributed by atoms with Crippen molar-refractivity contribution in [1.82, 2.24) is 14.2 Å². The van der Waals surface area contributed by atoms with Gasteiger partial charge in [-0.3, -0.25) is 4.79 Å². The van der Waals surface area contributed by atoms with E-state index in [-0.39, 0.29) is 45.4 Å². The molecule has 12 heteroatoms. The first-order valence-corrected chi connectivity index (χ1v) is 17.4. The fourth-order valence-corrected chi connectivity index (χ4v) is 8.92. The molecule has 2 fully saturated rings. The molecule has 1 amide bonds. The molecule has 0 spiro atoms. The summed E-state index contributed by atoms with van der Waals surface area (Å²) in [5.41, 5.74) is 1.77. The summed E-state index contributed by atoms with van der Waals surface area (Å²) >= 11 is 13.3. The largest absolute Gasteiger partial charge is 0.344 e. The first-order chi connectivity index (χ1) is 18.1. The number of sulfonamides is 1. The van der Waals surface area contributed by atoms with Gasteiger partial charge in [0.05, 0.1) is 32.8 Å². The van der Waals surface area contributed by atoms with E-state index in [1.165, 1.54) is 12.5 Å². The number of amides is 1. The molecule has 1 N–H and O–H groups in total. The Morgan fingerprint density at radius 1 is 1.05 bits per heavy atom. The van der Waals surface area contributed by atoms with Gasteiger partial charge in [-0.1, -0.05) is 42.5 Å². The van der Waals surface area contributed by atoms with Crippen LogP contribution in [-0.2, 0) is 26.4 Å². The molecule has 1 aromatic heterocycles. The number of hydrogen-bond acceptors (Lipinski definition) is 5. The SMILES string of the molecule is Cc1c(C(=O)N2CCS(=O)(=O)CC2)cc(-c2ccc(S(=O)(=O)NC(C)(C)C)c(Cl)c2Cl)n1CC1CCCCC1. The highest BCUT2D eigenvalue weighted by Gasteiger charge is 2.31. The third kappa shape index (κ3) is 6.84. The van der Waals surface area contributed by atoms with Crippen molar-refractivity contribution in [2.24, 2.45) is 5.92 Å². The van der Waals surface area contributed by atoms with Crippen LogP contribution >= 0.6 is 23.2 Å². The molecule has 4 rings (SSSR count). The summed E-state index contributed by atoms with van der Waals surface area (Å²) in [7, 11) is -7.06. The summed E-state index contributed by atoms with van der Waals surface area (Å²) < 4.78 is 54.5. The Bertz CT molecular complexity index is 1460. The van der Waals surface area contributed by atoms with Gasteiger partial charge in [-0.25, -0.2) is 21.6 Å². The lowest BCUT2D eigenvalue weighted by Crippen LogP contribution is -2.43. The first-order valence-electron chi connectivity index (χ1n) is 13.3. The van der Waals surface area contributed by atoms with E-state index in [4.69, 9.17) is 23.2 Å². The Morgan fingerprint density at radius 3 is 2.26 bits per heavy atom. The lowest BCUT2D eigenvalue weighted by molar-refractivity contribution is 0.0769. The van der Waals surface area contributed by atoms with Crippen molar-refractivity contribution in [3.8, 4) is 11.3 Å². The van der Waals surface area contributed by atoms with Gasteiger partial charge in [0, 0.05) is 36.4 Å². The number of nitrogens with zero attached hydrogens (tertiary/aromatic N) is 2. The van der Waals surface area contributed by atoms with Crippen LogP contribution in [0.5, 0.6) is 0 Å². The van der Waals surface area contributed by atoms with Gasteiger partial charge in [-0.2, -0.15) is 0 Å². The monoisotopic (exact) mass is 617 g/mol. The summed E-state index contributed by atoms with van der Waals surface area (Å²) in [5, 5.41) is 0.0157. The first kappa shape index (κ1) is 30.4. The zero-order valence-corrected chi connectivity index (χ0v) is 26.0. The second-order valence-electron chi connectivity index (χ2n) is 11.7. The van der Waals surface area contributed by atoms with Crippen LogP contribution in [0.4, 0.5) is 0 Å². The summed E-state index contributed by atoms with van der Waals surface area (Å²) in [6.07, 6.45) is 5.72. The zero-order valence-electron chi connectivity index (χ0n) is 22.9. The topological polar surface area (TPSA) is 106 Å². The molecule has 0 unspecified atom stereocenters. The number of nitrogens with one attached hydrogen (secondary N) is 1. The summed E-state index contributed by atoms with van der Waals surface area (Å²) in [5.74, 6) is 0.124. The fraction of sp³-hybridized carbons (Fsp3) is 0.593. The highest BCUT2D eigenvalue weighted by molar-refractivity contribution is 7.91. The number of halogens is 2. The third-order valence-electron chi connectivity index (χ3n) is 7.45. The van der Waals surface area contributed by atoms with Crippen LogP contribution < -0.4 is 4.72 Å². The smallest absolute Gasteiger partial charge is 0.255 e. The molecule has 8 nitrogen and oxygen atoms in total. The Balaban J connectivity index is 1.77. The number of carbonyl (C=O) groups is 1. The van der Waals surface area contributed by atoms with Gasteiger partial charge >= 0.3 is 0 Å². The van der Waals surface area contributed by atoms with Crippen LogP contribution in [0.15, 0.2) is 23.1 Å². The maximum atomic E-state index is 13.6. The van der Waals surface area contributed by atoms with Crippen molar-refractivity contribution in [3.63, 3.8) is 0 Å². The summed E-state index contributed by atoms with van der Waals surface area (Å²) in [6.45, 7) is 8.13. The van der Waals surface area contributed by atoms with Crippen LogP contribution in [0.25, 0.3) is 11.3 Å². The molecule has 1 aliphatic carbocycles. The quantitative estimate of drug-likeness (QED) is 0.473. The van der Waals surface area contributed by atoms with Crippen LogP contribution in [0.1, 0.15) is 68.9 Å². The standard InChI is InChI=1S/C27H37Cl2N3O5S2/c1-18-21(26(33)31-12-14-38(34,35)15-13-31)16-22(32(18)17-19-8-6-5-7-9-19)20-10-11-23(25(29)24(20)28)39(36,37)30-27(2,3)4/h10-11,16,19,30H,5-9,12-15,17H2,1-4H3. The number of sulfone groups is 1. The Kier molecular flexibility index (Phi) is 8.84. The Hall–Kier alpha value is -1.59. The van der Waals surface area contributed by atoms with E-state index in [1.54, 1.807) is 37.8 Å². The molecule has 2 aromatic rings. The van der Waals surface area contributed by atoms with Gasteiger partial charge in [-0.05, 0) is 64.7 Å². The summed E-state index contributed by atoms with van der Waals surface area (Å²) in [6, 6.07) is 4.86. The normalized spacial score (nSPS) is 18.9. The van der Waals surface area contributed by atoms with E-state index in [0.717, 1.165) is 31.4 Å². The molecular formula is C27H37Cl2N3O5S2. The Morgan fingerprint density at radius 2 is 1.67 bits per heavy atom. The van der Waals surface area contributed by atoms with Crippen molar-refractivity contribution < 1.29 is 21.6 Å². The van der Waals surface area contributed by atoms with Gasteiger partial charge in [-0.15, -0.1) is 0 Å². The number of aromatic nitrogens is 1. The van der Waals surface area contributed by atoms with Crippen LogP contribution in [0.2, 0.25) is 10.0 Å². The molecular weight excluding hydrogens is 581 g/mol. The van der Waals surface area contributed by atoms with Gasteiger partial charge in [0.25, 0.3) is 5.91 Å². The number of rotatable bonds is 6.